The van der Waals surface area contributed by atoms with Crippen LogP contribution in [0.3, 0.4) is 0 Å². The molecule has 0 unspecified atom stereocenters. The van der Waals surface area contributed by atoms with Gasteiger partial charge in [-0.2, -0.15) is 0 Å². The molecule has 1 heterocycles. The minimum atomic E-state index is -0.109. The summed E-state index contributed by atoms with van der Waals surface area (Å²) in [6.45, 7) is 0. The van der Waals surface area contributed by atoms with Crippen molar-refractivity contribution in [1.29, 1.82) is 0 Å². The molecule has 2 aromatic carbocycles. The van der Waals surface area contributed by atoms with Crippen LogP contribution in [0, 0.1) is 0 Å². The lowest BCUT2D eigenvalue weighted by Gasteiger charge is -2.11. The predicted molar refractivity (Wildman–Crippen MR) is 90.2 cm³/mol. The van der Waals surface area contributed by atoms with Crippen molar-refractivity contribution in [3.8, 4) is 11.5 Å². The Hall–Kier alpha value is -2.95. The number of fused-ring (bicyclic) bond motifs is 1. The number of carbonyl (C=O) groups is 1. The van der Waals surface area contributed by atoms with Gasteiger partial charge in [0.25, 0.3) is 0 Å². The van der Waals surface area contributed by atoms with Crippen LogP contribution >= 0.6 is 0 Å². The van der Waals surface area contributed by atoms with Crippen LogP contribution in [-0.2, 0) is 11.2 Å². The maximum atomic E-state index is 12.3. The lowest BCUT2D eigenvalue weighted by molar-refractivity contribution is -0.115. The summed E-state index contributed by atoms with van der Waals surface area (Å²) in [5.41, 5.74) is 2.56. The molecule has 0 aliphatic rings. The lowest BCUT2D eigenvalue weighted by atomic mass is 10.1. The monoisotopic (exact) mass is 310 g/mol. The Kier molecular flexibility index (Phi) is 4.19. The number of anilines is 1. The Bertz CT molecular complexity index is 839. The highest BCUT2D eigenvalue weighted by molar-refractivity contribution is 5.94. The molecule has 0 saturated carbocycles. The molecule has 3 rings (SSSR count). The van der Waals surface area contributed by atoms with E-state index in [-0.39, 0.29) is 12.3 Å². The summed E-state index contributed by atoms with van der Waals surface area (Å²) < 4.78 is 10.5. The highest BCUT2D eigenvalue weighted by atomic mass is 16.5. The third-order valence-electron chi connectivity index (χ3n) is 3.66. The number of aromatic nitrogens is 1. The number of amides is 1. The summed E-state index contributed by atoms with van der Waals surface area (Å²) in [4.78, 5) is 15.5. The van der Waals surface area contributed by atoms with Gasteiger partial charge in [0, 0.05) is 17.8 Å². The van der Waals surface area contributed by atoms with Crippen molar-refractivity contribution < 1.29 is 14.3 Å². The van der Waals surface area contributed by atoms with Crippen molar-refractivity contribution in [2.24, 2.45) is 0 Å². The van der Waals surface area contributed by atoms with Crippen LogP contribution in [-0.4, -0.2) is 25.1 Å². The number of benzene rings is 2. The summed E-state index contributed by atoms with van der Waals surface area (Å²) in [6.07, 6.45) is 2.17. The zero-order valence-corrected chi connectivity index (χ0v) is 13.1. The number of H-pyrrole nitrogens is 1. The molecule has 0 spiro atoms. The van der Waals surface area contributed by atoms with Gasteiger partial charge in [-0.25, -0.2) is 0 Å². The third-order valence-corrected chi connectivity index (χ3v) is 3.66. The molecular formula is C18H18N2O3. The van der Waals surface area contributed by atoms with E-state index in [1.165, 1.54) is 0 Å². The molecule has 1 amide bonds. The van der Waals surface area contributed by atoms with E-state index in [1.807, 2.05) is 30.5 Å². The average molecular weight is 310 g/mol. The van der Waals surface area contributed by atoms with Gasteiger partial charge in [0.15, 0.2) is 0 Å². The van der Waals surface area contributed by atoms with Crippen molar-refractivity contribution in [1.82, 2.24) is 4.98 Å². The van der Waals surface area contributed by atoms with Gasteiger partial charge in [-0.15, -0.1) is 0 Å². The number of hydrogen-bond donors (Lipinski definition) is 2. The highest BCUT2D eigenvalue weighted by Crippen LogP contribution is 2.29. The predicted octanol–water partition coefficient (Wildman–Crippen LogP) is 3.37. The normalized spacial score (nSPS) is 10.5. The molecule has 0 fully saturated rings. The molecule has 0 aliphatic heterocycles. The first kappa shape index (κ1) is 15.0. The summed E-state index contributed by atoms with van der Waals surface area (Å²) >= 11 is 0. The van der Waals surface area contributed by atoms with Crippen LogP contribution in [0.1, 0.15) is 5.56 Å². The van der Waals surface area contributed by atoms with Crippen molar-refractivity contribution in [3.05, 3.63) is 54.2 Å². The van der Waals surface area contributed by atoms with E-state index in [0.717, 1.165) is 16.5 Å². The molecule has 0 saturated heterocycles. The Morgan fingerprint density at radius 1 is 1.09 bits per heavy atom. The molecule has 118 valence electrons. The Morgan fingerprint density at radius 3 is 2.74 bits per heavy atom. The summed E-state index contributed by atoms with van der Waals surface area (Å²) in [6, 6.07) is 13.2. The van der Waals surface area contributed by atoms with Crippen LogP contribution < -0.4 is 14.8 Å². The SMILES string of the molecule is COc1ccc(OC)c(NC(=O)Cc2ccc3cc[nH]c3c2)c1. The lowest BCUT2D eigenvalue weighted by Crippen LogP contribution is -2.15. The van der Waals surface area contributed by atoms with Gasteiger partial charge in [0.2, 0.25) is 5.91 Å². The largest absolute Gasteiger partial charge is 0.497 e. The molecule has 0 aliphatic carbocycles. The molecule has 0 atom stereocenters. The quantitative estimate of drug-likeness (QED) is 0.759. The molecule has 0 radical (unpaired) electrons. The standard InChI is InChI=1S/C18H18N2O3/c1-22-14-5-6-17(23-2)16(11-14)20-18(21)10-12-3-4-13-7-8-19-15(13)9-12/h3-9,11,19H,10H2,1-2H3,(H,20,21). The van der Waals surface area contributed by atoms with E-state index in [0.29, 0.717) is 17.2 Å². The fourth-order valence-corrected chi connectivity index (χ4v) is 2.50. The number of methoxy groups -OCH3 is 2. The average Bonchev–Trinajstić information content (AvgIpc) is 3.02. The molecule has 23 heavy (non-hydrogen) atoms. The van der Waals surface area contributed by atoms with E-state index in [1.54, 1.807) is 32.4 Å². The number of rotatable bonds is 5. The van der Waals surface area contributed by atoms with E-state index in [4.69, 9.17) is 9.47 Å². The minimum absolute atomic E-state index is 0.109. The van der Waals surface area contributed by atoms with Crippen molar-refractivity contribution in [2.75, 3.05) is 19.5 Å². The topological polar surface area (TPSA) is 63.4 Å². The fraction of sp³-hybridized carbons (Fsp3) is 0.167. The van der Waals surface area contributed by atoms with Crippen LogP contribution in [0.5, 0.6) is 11.5 Å². The van der Waals surface area contributed by atoms with Crippen molar-refractivity contribution in [3.63, 3.8) is 0 Å². The zero-order valence-electron chi connectivity index (χ0n) is 13.1. The van der Waals surface area contributed by atoms with Gasteiger partial charge >= 0.3 is 0 Å². The Labute approximate surface area is 134 Å². The molecule has 5 nitrogen and oxygen atoms in total. The van der Waals surface area contributed by atoms with Gasteiger partial charge in [0.1, 0.15) is 11.5 Å². The van der Waals surface area contributed by atoms with Crippen LogP contribution in [0.25, 0.3) is 10.9 Å². The summed E-state index contributed by atoms with van der Waals surface area (Å²) in [5, 5.41) is 4.00. The van der Waals surface area contributed by atoms with E-state index < -0.39 is 0 Å². The smallest absolute Gasteiger partial charge is 0.228 e. The van der Waals surface area contributed by atoms with E-state index >= 15 is 0 Å². The maximum absolute atomic E-state index is 12.3. The highest BCUT2D eigenvalue weighted by Gasteiger charge is 2.10. The first-order valence-electron chi connectivity index (χ1n) is 7.27. The minimum Gasteiger partial charge on any atom is -0.497 e. The van der Waals surface area contributed by atoms with E-state index in [9.17, 15) is 4.79 Å². The summed E-state index contributed by atoms with van der Waals surface area (Å²) in [5.74, 6) is 1.15. The molecular weight excluding hydrogens is 292 g/mol. The maximum Gasteiger partial charge on any atom is 0.228 e. The number of ether oxygens (including phenoxy) is 2. The van der Waals surface area contributed by atoms with Gasteiger partial charge in [-0.05, 0) is 35.2 Å². The second-order valence-electron chi connectivity index (χ2n) is 5.19. The molecule has 3 aromatic rings. The van der Waals surface area contributed by atoms with Crippen LogP contribution in [0.2, 0.25) is 0 Å². The molecule has 1 aromatic heterocycles. The number of nitrogens with one attached hydrogen (secondary N) is 2. The second-order valence-corrected chi connectivity index (χ2v) is 5.19. The third kappa shape index (κ3) is 3.29. The fourth-order valence-electron chi connectivity index (χ4n) is 2.50. The zero-order chi connectivity index (χ0) is 16.2. The Morgan fingerprint density at radius 2 is 1.96 bits per heavy atom. The molecule has 0 bridgehead atoms. The second kappa shape index (κ2) is 6.44. The van der Waals surface area contributed by atoms with Crippen LogP contribution in [0.4, 0.5) is 5.69 Å². The van der Waals surface area contributed by atoms with Gasteiger partial charge in [0.05, 0.1) is 26.3 Å². The van der Waals surface area contributed by atoms with E-state index in [2.05, 4.69) is 10.3 Å². The van der Waals surface area contributed by atoms with Gasteiger partial charge in [-0.1, -0.05) is 12.1 Å². The first-order valence-corrected chi connectivity index (χ1v) is 7.27. The first-order chi connectivity index (χ1) is 11.2. The molecule has 5 heteroatoms. The number of aromatic amines is 1. The van der Waals surface area contributed by atoms with Gasteiger partial charge < -0.3 is 19.8 Å². The molecule has 2 N–H and O–H groups in total. The number of carbonyl (C=O) groups excluding carboxylic acids is 1. The van der Waals surface area contributed by atoms with Crippen LogP contribution in [0.15, 0.2) is 48.7 Å². The Balaban J connectivity index is 1.76. The summed E-state index contributed by atoms with van der Waals surface area (Å²) in [7, 11) is 3.15. The van der Waals surface area contributed by atoms with Gasteiger partial charge in [-0.3, -0.25) is 4.79 Å². The number of hydrogen-bond acceptors (Lipinski definition) is 3. The van der Waals surface area contributed by atoms with Crippen molar-refractivity contribution >= 4 is 22.5 Å². The van der Waals surface area contributed by atoms with Crippen molar-refractivity contribution in [2.45, 2.75) is 6.42 Å².